The fourth-order valence-electron chi connectivity index (χ4n) is 13.5. The van der Waals surface area contributed by atoms with Crippen LogP contribution in [-0.2, 0) is 61.8 Å². The number of hydrogen-bond acceptors (Lipinski definition) is 23. The molecule has 126 heavy (non-hydrogen) atoms. The van der Waals surface area contributed by atoms with Crippen LogP contribution in [0, 0.1) is 34.6 Å². The van der Waals surface area contributed by atoms with E-state index in [0.717, 1.165) is 71.3 Å². The Hall–Kier alpha value is -8.29. The van der Waals surface area contributed by atoms with Gasteiger partial charge in [0.15, 0.2) is 0 Å². The number of aryl methyl sites for hydroxylation is 6. The largest absolute Gasteiger partial charge is 0.497 e. The van der Waals surface area contributed by atoms with E-state index < -0.39 is 50.5 Å². The molecule has 11 aromatic heterocycles. The van der Waals surface area contributed by atoms with Crippen LogP contribution in [0.3, 0.4) is 0 Å². The van der Waals surface area contributed by atoms with Gasteiger partial charge in [-0.3, -0.25) is 24.0 Å². The highest BCUT2D eigenvalue weighted by molar-refractivity contribution is 7.90. The van der Waals surface area contributed by atoms with Crippen molar-refractivity contribution in [2.45, 2.75) is 61.4 Å². The Kier molecular flexibility index (Phi) is 30.4. The molecule has 42 heteroatoms. The van der Waals surface area contributed by atoms with E-state index in [4.69, 9.17) is 79.1 Å². The first-order chi connectivity index (χ1) is 59.4. The molecule has 12 heterocycles. The number of hydrogen-bond donors (Lipinski definition) is 1. The van der Waals surface area contributed by atoms with E-state index in [0.29, 0.717) is 161 Å². The maximum atomic E-state index is 13.1. The molecule has 15 aromatic rings. The predicted molar refractivity (Wildman–Crippen MR) is 508 cm³/mol. The lowest BCUT2D eigenvalue weighted by atomic mass is 10.1. The first-order valence-corrected chi connectivity index (χ1v) is 52.3. The highest BCUT2D eigenvalue weighted by Crippen LogP contribution is 2.40. The number of fused-ring (bicyclic) bond motifs is 5. The summed E-state index contributed by atoms with van der Waals surface area (Å²) in [6, 6.07) is 44.7. The lowest BCUT2D eigenvalue weighted by Gasteiger charge is -2.26. The number of rotatable bonds is 24. The number of nitrogens with zero attached hydrogens (tertiary/aromatic N) is 8. The lowest BCUT2D eigenvalue weighted by molar-refractivity contribution is 0.0726. The first-order valence-electron chi connectivity index (χ1n) is 38.0. The van der Waals surface area contributed by atoms with Gasteiger partial charge in [0.25, 0.3) is 0 Å². The smallest absolute Gasteiger partial charge is 0.309 e. The summed E-state index contributed by atoms with van der Waals surface area (Å²) in [7, 11) is -12.9. The maximum absolute atomic E-state index is 13.1. The second-order valence-corrected chi connectivity index (χ2v) is 45.8. The van der Waals surface area contributed by atoms with Gasteiger partial charge in [-0.2, -0.15) is 25.4 Å². The summed E-state index contributed by atoms with van der Waals surface area (Å²) in [6.45, 7) is 14.6. The van der Waals surface area contributed by atoms with Crippen molar-refractivity contribution in [2.24, 2.45) is 0 Å². The van der Waals surface area contributed by atoms with E-state index in [1.807, 2.05) is 13.0 Å². The van der Waals surface area contributed by atoms with Crippen LogP contribution in [0.1, 0.15) is 125 Å². The average Bonchev–Trinajstić information content (AvgIpc) is 1.62. The zero-order valence-corrected chi connectivity index (χ0v) is 81.5. The molecule has 0 amide bonds. The minimum atomic E-state index is -3.75. The summed E-state index contributed by atoms with van der Waals surface area (Å²) in [4.78, 5) is 73.1. The molecule has 1 N–H and O–H groups in total. The second-order valence-electron chi connectivity index (χ2n) is 28.5. The number of methoxy groups -OCH3 is 1. The number of carbonyl (C=O) groups excluding carboxylic acids is 5. The van der Waals surface area contributed by atoms with Gasteiger partial charge in [0.05, 0.1) is 93.1 Å². The minimum Gasteiger partial charge on any atom is -0.497 e. The molecule has 16 rings (SSSR count). The van der Waals surface area contributed by atoms with Gasteiger partial charge in [-0.25, -0.2) is 50.8 Å². The van der Waals surface area contributed by atoms with Gasteiger partial charge < -0.3 is 14.0 Å². The van der Waals surface area contributed by atoms with Crippen LogP contribution in [0.5, 0.6) is 5.75 Å². The quantitative estimate of drug-likeness (QED) is 0.0334. The van der Waals surface area contributed by atoms with E-state index in [2.05, 4.69) is 20.3 Å². The molecule has 0 saturated carbocycles. The fraction of sp³-hybridized carbons (Fsp3) is 0.238. The molecule has 0 unspecified atom stereocenters. The maximum Gasteiger partial charge on any atom is 0.309 e. The molecule has 0 radical (unpaired) electrons. The number of nitrogens with one attached hydrogen (secondary N) is 1. The number of ether oxygens (including phenoxy) is 2. The summed E-state index contributed by atoms with van der Waals surface area (Å²) in [5.41, 5.74) is 5.46. The monoisotopic (exact) mass is 2020 g/mol. The molecule has 1 fully saturated rings. The molecule has 26 nitrogen and oxygen atoms in total. The number of sulfonamides is 1. The van der Waals surface area contributed by atoms with Gasteiger partial charge >= 0.3 is 20.4 Å². The zero-order valence-electron chi connectivity index (χ0n) is 68.8. The molecular formula is C84H79Cl6N9O17S10. The molecular weight excluding hydrogens is 1940 g/mol. The minimum absolute atomic E-state index is 0.00329. The first kappa shape index (κ1) is 96.8. The molecule has 0 spiro atoms. The van der Waals surface area contributed by atoms with Crippen molar-refractivity contribution in [3.8, 4) is 5.75 Å². The Morgan fingerprint density at radius 2 is 0.841 bits per heavy atom. The second kappa shape index (κ2) is 39.6. The third-order valence-electron chi connectivity index (χ3n) is 19.6. The number of thiophene rings is 5. The molecule has 1 saturated heterocycles. The van der Waals surface area contributed by atoms with Crippen LogP contribution >= 0.6 is 126 Å². The third kappa shape index (κ3) is 20.6. The van der Waals surface area contributed by atoms with E-state index in [1.165, 1.54) is 63.2 Å². The molecule has 1 aliphatic heterocycles. The van der Waals surface area contributed by atoms with Crippen molar-refractivity contribution in [1.29, 1.82) is 0 Å². The Bertz CT molecular complexity index is 7230. The normalized spacial score (nSPS) is 12.9. The van der Waals surface area contributed by atoms with Crippen LogP contribution in [0.2, 0.25) is 30.3 Å². The van der Waals surface area contributed by atoms with Gasteiger partial charge in [0.2, 0.25) is 59.0 Å². The van der Waals surface area contributed by atoms with E-state index in [-0.39, 0.29) is 66.7 Å². The van der Waals surface area contributed by atoms with Crippen LogP contribution in [0.25, 0.3) is 51.1 Å². The lowest BCUT2D eigenvalue weighted by Crippen LogP contribution is -2.43. The molecule has 4 aromatic carbocycles. The van der Waals surface area contributed by atoms with Crippen LogP contribution in [-0.4, -0.2) is 177 Å². The van der Waals surface area contributed by atoms with E-state index >= 15 is 0 Å². The average molecular weight is 2020 g/mol. The Morgan fingerprint density at radius 1 is 0.460 bits per heavy atom. The number of halogens is 6. The topological polar surface area (TPSA) is 331 Å². The number of morpholine rings is 1. The van der Waals surface area contributed by atoms with Gasteiger partial charge in [-0.15, -0.1) is 56.7 Å². The molecule has 664 valence electrons. The van der Waals surface area contributed by atoms with Crippen molar-refractivity contribution in [2.75, 3.05) is 71.8 Å². The highest BCUT2D eigenvalue weighted by Gasteiger charge is 2.33. The fourth-order valence-corrected chi connectivity index (χ4v) is 27.1. The third-order valence-corrected chi connectivity index (χ3v) is 36.1. The molecule has 1 aliphatic rings. The van der Waals surface area contributed by atoms with Crippen molar-refractivity contribution in [1.82, 2.24) is 38.8 Å². The molecule has 0 atom stereocenters. The Balaban J connectivity index is 0.000000144. The van der Waals surface area contributed by atoms with E-state index in [9.17, 15) is 66.1 Å². The highest BCUT2D eigenvalue weighted by atomic mass is 35.5. The van der Waals surface area contributed by atoms with Gasteiger partial charge in [0.1, 0.15) is 35.1 Å². The van der Waals surface area contributed by atoms with Gasteiger partial charge in [0, 0.05) is 124 Å². The SMILES string of the molecule is CCS(=O)(=O)n1c(C)cc2cc(C(=O)c3ccccc3Cl)sc21.CCS(=O)(=O)n1c(C)cc2cc(C(=O)c3cccnc3Cl)sc21.COc1ccc(C(=O)c2cc3cc(C)n(CCCNS(C)(=O)=O)c3s2)cc1.Cc1cc2cc(C(=O)c3cccc(Cl)c3Cl)sc2n1S(=O)(=O)N(C)C.Cc1cc2cc(C(=O)c3cccc(Cl)c3Cl)sc2n1S(=O)(=O)N1CCOCC1. The zero-order chi connectivity index (χ0) is 91.7. The Labute approximate surface area is 777 Å². The number of ketones is 5. The standard InChI is InChI=1S/C19H22N2O4S2.C18H16Cl2N2O4S2.C16H14Cl2N2O3S2.C16H14ClNO3S2.C15H13ClN2O3S2/c1-13-11-15-12-17(18(22)14-5-7-16(25-2)8-6-14)26-19(15)21(13)10-4-9-20-27(3,23)24;1-11-9-12-10-15(17(23)13-3-2-4-14(19)16(13)20)27-18(12)22(11)28(24,25)21-5-7-26-8-6-21;1-9-7-10-8-13(15(21)11-5-4-6-12(17)14(11)18)24-16(10)20(9)25(22,23)19(2)3;1-3-23(20,21)18-10(2)8-11-9-14(22-16(11)18)15(19)12-6-4-5-7-13(12)17;1-3-23(20,21)18-9(2)7-10-8-12(22-15(10)18)13(19)11-5-4-6-17-14(11)16/h5-8,11-12,20H,4,9-10H2,1-3H3;2-4,9-10H,5-8H2,1H3;4-8H,1-3H3;4-9H,3H2,1-2H3;4-8H,3H2,1-2H3. The Morgan fingerprint density at radius 3 is 1.29 bits per heavy atom. The predicted octanol–water partition coefficient (Wildman–Crippen LogP) is 18.9. The summed E-state index contributed by atoms with van der Waals surface area (Å²) >= 11 is 42.4. The number of carbonyl (C=O) groups is 5. The molecule has 0 bridgehead atoms. The van der Waals surface area contributed by atoms with Crippen LogP contribution in [0.4, 0.5) is 0 Å². The summed E-state index contributed by atoms with van der Waals surface area (Å²) in [5, 5.41) is 5.38. The summed E-state index contributed by atoms with van der Waals surface area (Å²) in [6.07, 6.45) is 3.34. The van der Waals surface area contributed by atoms with Crippen LogP contribution in [0.15, 0.2) is 164 Å². The number of aromatic nitrogens is 6. The van der Waals surface area contributed by atoms with Gasteiger partial charge in [-0.1, -0.05) is 93.9 Å². The van der Waals surface area contributed by atoms with E-state index in [1.54, 1.807) is 194 Å². The molecule has 0 aliphatic carbocycles. The van der Waals surface area contributed by atoms with Gasteiger partial charge in [-0.05, 0) is 188 Å². The number of benzene rings is 4. The van der Waals surface area contributed by atoms with Crippen LogP contribution < -0.4 is 9.46 Å². The van der Waals surface area contributed by atoms with Crippen molar-refractivity contribution in [3.05, 3.63) is 275 Å². The summed E-state index contributed by atoms with van der Waals surface area (Å²) < 4.78 is 145. The van der Waals surface area contributed by atoms with Crippen molar-refractivity contribution >= 4 is 257 Å². The van der Waals surface area contributed by atoms with Crippen molar-refractivity contribution in [3.63, 3.8) is 0 Å². The summed E-state index contributed by atoms with van der Waals surface area (Å²) in [5.74, 6) is -0.343. The van der Waals surface area contributed by atoms with Crippen molar-refractivity contribution < 1.29 is 75.5 Å². The number of pyridine rings is 1.